The van der Waals surface area contributed by atoms with E-state index in [1.165, 1.54) is 19.2 Å². The number of aliphatic hydroxyl groups excluding tert-OH is 1. The van der Waals surface area contributed by atoms with Gasteiger partial charge in [0.2, 0.25) is 0 Å². The number of carbonyl (C=O) groups excluding carboxylic acids is 1. The van der Waals surface area contributed by atoms with Crippen LogP contribution in [-0.2, 0) is 11.3 Å². The average Bonchev–Trinajstić information content (AvgIpc) is 3.21. The highest BCUT2D eigenvalue weighted by molar-refractivity contribution is 6.30. The Balaban J connectivity index is 1.51. The zero-order chi connectivity index (χ0) is 23.5. The second-order valence-electron chi connectivity index (χ2n) is 9.02. The number of benzene rings is 2. The van der Waals surface area contributed by atoms with Crippen molar-refractivity contribution in [1.29, 1.82) is 0 Å². The number of amides is 1. The number of fused-ring (bicyclic) bond motifs is 1. The molecule has 1 aliphatic carbocycles. The summed E-state index contributed by atoms with van der Waals surface area (Å²) in [6, 6.07) is 12.1. The van der Waals surface area contributed by atoms with E-state index in [0.717, 1.165) is 31.2 Å². The summed E-state index contributed by atoms with van der Waals surface area (Å²) in [7, 11) is 1.52. The Morgan fingerprint density at radius 3 is 2.52 bits per heavy atom. The van der Waals surface area contributed by atoms with Crippen molar-refractivity contribution in [3.05, 3.63) is 70.6 Å². The Morgan fingerprint density at radius 2 is 1.85 bits per heavy atom. The highest BCUT2D eigenvalue weighted by Gasteiger charge is 2.30. The van der Waals surface area contributed by atoms with Crippen LogP contribution in [0.3, 0.4) is 0 Å². The predicted octanol–water partition coefficient (Wildman–Crippen LogP) is 5.37. The third kappa shape index (κ3) is 5.40. The Labute approximate surface area is 198 Å². The molecule has 33 heavy (non-hydrogen) atoms. The van der Waals surface area contributed by atoms with Crippen molar-refractivity contribution in [2.24, 2.45) is 11.8 Å². The average molecular weight is 473 g/mol. The molecule has 1 aliphatic rings. The zero-order valence-corrected chi connectivity index (χ0v) is 19.7. The maximum Gasteiger partial charge on any atom is 0.253 e. The number of hydrogen-bond acceptors (Lipinski definition) is 3. The number of methoxy groups -OCH3 is 1. The van der Waals surface area contributed by atoms with Crippen LogP contribution in [0.2, 0.25) is 5.02 Å². The predicted molar refractivity (Wildman–Crippen MR) is 128 cm³/mol. The fourth-order valence-electron chi connectivity index (χ4n) is 4.93. The molecule has 1 fully saturated rings. The van der Waals surface area contributed by atoms with E-state index in [2.05, 4.69) is 5.32 Å². The van der Waals surface area contributed by atoms with Gasteiger partial charge in [-0.15, -0.1) is 0 Å². The number of ether oxygens (including phenoxy) is 1. The monoisotopic (exact) mass is 472 g/mol. The Bertz CT molecular complexity index is 1110. The molecule has 0 aliphatic heterocycles. The molecule has 1 heterocycles. The lowest BCUT2D eigenvalue weighted by Crippen LogP contribution is -2.40. The summed E-state index contributed by atoms with van der Waals surface area (Å²) in [5.74, 6) is -0.270. The first-order valence-electron chi connectivity index (χ1n) is 11.4. The quantitative estimate of drug-likeness (QED) is 0.454. The highest BCUT2D eigenvalue weighted by atomic mass is 35.5. The molecule has 0 spiro atoms. The molecule has 2 atom stereocenters. The van der Waals surface area contributed by atoms with Crippen molar-refractivity contribution in [3.8, 4) is 0 Å². The maximum atomic E-state index is 14.3. The van der Waals surface area contributed by atoms with Crippen molar-refractivity contribution in [2.45, 2.75) is 51.5 Å². The molecule has 0 bridgehead atoms. The van der Waals surface area contributed by atoms with Crippen LogP contribution < -0.4 is 5.32 Å². The van der Waals surface area contributed by atoms with E-state index in [1.54, 1.807) is 0 Å². The van der Waals surface area contributed by atoms with Gasteiger partial charge >= 0.3 is 0 Å². The number of carbonyl (C=O) groups is 1. The van der Waals surface area contributed by atoms with Crippen LogP contribution in [0.4, 0.5) is 4.39 Å². The van der Waals surface area contributed by atoms with Gasteiger partial charge in [-0.3, -0.25) is 4.79 Å². The summed E-state index contributed by atoms with van der Waals surface area (Å²) in [5, 5.41) is 14.4. The minimum absolute atomic E-state index is 0.0591. The molecule has 1 amide bonds. The van der Waals surface area contributed by atoms with Crippen LogP contribution in [-0.4, -0.2) is 35.0 Å². The van der Waals surface area contributed by atoms with E-state index in [4.69, 9.17) is 16.3 Å². The number of rotatable bonds is 7. The summed E-state index contributed by atoms with van der Waals surface area (Å²) in [6.07, 6.45) is 4.66. The van der Waals surface area contributed by atoms with Gasteiger partial charge < -0.3 is 19.7 Å². The van der Waals surface area contributed by atoms with Crippen LogP contribution in [0, 0.1) is 17.7 Å². The molecular weight excluding hydrogens is 443 g/mol. The third-order valence-electron chi connectivity index (χ3n) is 6.86. The number of hydrogen-bond donors (Lipinski definition) is 2. The van der Waals surface area contributed by atoms with E-state index in [0.29, 0.717) is 34.0 Å². The molecule has 2 N–H and O–H groups in total. The van der Waals surface area contributed by atoms with Gasteiger partial charge in [0.15, 0.2) is 6.29 Å². The first-order chi connectivity index (χ1) is 15.9. The lowest BCUT2D eigenvalue weighted by atomic mass is 9.78. The van der Waals surface area contributed by atoms with Gasteiger partial charge in [0.1, 0.15) is 5.82 Å². The first-order valence-corrected chi connectivity index (χ1v) is 11.8. The minimum Gasteiger partial charge on any atom is -0.368 e. The smallest absolute Gasteiger partial charge is 0.253 e. The molecule has 0 saturated heterocycles. The van der Waals surface area contributed by atoms with Crippen LogP contribution in [0.1, 0.15) is 48.5 Å². The van der Waals surface area contributed by atoms with Crippen molar-refractivity contribution in [1.82, 2.24) is 9.88 Å². The van der Waals surface area contributed by atoms with Crippen molar-refractivity contribution in [2.75, 3.05) is 7.11 Å². The van der Waals surface area contributed by atoms with Gasteiger partial charge in [-0.1, -0.05) is 23.7 Å². The molecule has 7 heteroatoms. The third-order valence-corrected chi connectivity index (χ3v) is 7.12. The molecule has 1 unspecified atom stereocenters. The maximum absolute atomic E-state index is 14.3. The fraction of sp³-hybridized carbons (Fsp3) is 0.423. The normalized spacial score (nSPS) is 20.5. The van der Waals surface area contributed by atoms with E-state index in [1.807, 2.05) is 48.0 Å². The van der Waals surface area contributed by atoms with Gasteiger partial charge in [0.05, 0.1) is 11.1 Å². The molecule has 0 radical (unpaired) electrons. The summed E-state index contributed by atoms with van der Waals surface area (Å²) < 4.78 is 21.4. The summed E-state index contributed by atoms with van der Waals surface area (Å²) in [5.41, 5.74) is 2.08. The summed E-state index contributed by atoms with van der Waals surface area (Å²) in [6.45, 7) is 2.55. The van der Waals surface area contributed by atoms with Crippen molar-refractivity contribution in [3.63, 3.8) is 0 Å². The van der Waals surface area contributed by atoms with Crippen molar-refractivity contribution >= 4 is 28.4 Å². The lowest BCUT2D eigenvalue weighted by Gasteiger charge is -2.34. The highest BCUT2D eigenvalue weighted by Crippen LogP contribution is 2.33. The van der Waals surface area contributed by atoms with E-state index >= 15 is 0 Å². The van der Waals surface area contributed by atoms with Gasteiger partial charge in [-0.05, 0) is 74.4 Å². The standard InChI is InChI=1S/C26H30ClFN2O3/c1-16(18-5-7-19(8-6-18)26(32)33-2)29-25(31)23-14-22(28)13-20-11-12-30(24(20)23)15-17-3-9-21(27)10-4-17/h3-4,9-14,16,18-19,26,32H,5-8,15H2,1-2H3,(H,29,31)/t16-,18?,19?,26?/m0/s1. The molecule has 1 aromatic heterocycles. The van der Waals surface area contributed by atoms with Crippen LogP contribution in [0.15, 0.2) is 48.7 Å². The van der Waals surface area contributed by atoms with Crippen LogP contribution in [0.25, 0.3) is 10.9 Å². The zero-order valence-electron chi connectivity index (χ0n) is 18.9. The second kappa shape index (κ2) is 10.2. The lowest BCUT2D eigenvalue weighted by molar-refractivity contribution is -0.123. The largest absolute Gasteiger partial charge is 0.368 e. The SMILES string of the molecule is COC(O)C1CCC([C@H](C)NC(=O)c2cc(F)cc3ccn(Cc4ccc(Cl)cc4)c23)CC1. The van der Waals surface area contributed by atoms with Gasteiger partial charge in [0, 0.05) is 42.2 Å². The second-order valence-corrected chi connectivity index (χ2v) is 9.46. The summed E-state index contributed by atoms with van der Waals surface area (Å²) >= 11 is 6.00. The Hall–Kier alpha value is -2.41. The number of nitrogens with one attached hydrogen (secondary N) is 1. The van der Waals surface area contributed by atoms with E-state index in [-0.39, 0.29) is 17.9 Å². The fourth-order valence-corrected chi connectivity index (χ4v) is 5.06. The summed E-state index contributed by atoms with van der Waals surface area (Å²) in [4.78, 5) is 13.3. The van der Waals surface area contributed by atoms with Crippen LogP contribution in [0.5, 0.6) is 0 Å². The number of aromatic nitrogens is 1. The number of nitrogens with zero attached hydrogens (tertiary/aromatic N) is 1. The Kier molecular flexibility index (Phi) is 7.37. The number of halogens is 2. The molecule has 2 aromatic carbocycles. The first kappa shape index (κ1) is 23.7. The molecule has 1 saturated carbocycles. The van der Waals surface area contributed by atoms with Gasteiger partial charge in [-0.2, -0.15) is 0 Å². The van der Waals surface area contributed by atoms with Crippen LogP contribution >= 0.6 is 11.6 Å². The van der Waals surface area contributed by atoms with Gasteiger partial charge in [0.25, 0.3) is 5.91 Å². The molecular formula is C26H30ClFN2O3. The molecule has 4 rings (SSSR count). The Morgan fingerprint density at radius 1 is 1.18 bits per heavy atom. The van der Waals surface area contributed by atoms with E-state index < -0.39 is 12.1 Å². The minimum atomic E-state index is -0.732. The van der Waals surface area contributed by atoms with Gasteiger partial charge in [-0.25, -0.2) is 4.39 Å². The van der Waals surface area contributed by atoms with Crippen molar-refractivity contribution < 1.29 is 19.0 Å². The number of aliphatic hydroxyl groups is 1. The van der Waals surface area contributed by atoms with E-state index in [9.17, 15) is 14.3 Å². The topological polar surface area (TPSA) is 63.5 Å². The molecule has 5 nitrogen and oxygen atoms in total. The molecule has 3 aromatic rings. The molecule has 176 valence electrons.